The zero-order valence-electron chi connectivity index (χ0n) is 11.2. The van der Waals surface area contributed by atoms with Crippen LogP contribution < -0.4 is 0 Å². The molecule has 0 aromatic rings. The van der Waals surface area contributed by atoms with E-state index in [0.29, 0.717) is 0 Å². The van der Waals surface area contributed by atoms with Crippen LogP contribution in [-0.4, -0.2) is 29.0 Å². The molecule has 1 amide bonds. The molecule has 4 unspecified atom stereocenters. The molecule has 4 atom stereocenters. The van der Waals surface area contributed by atoms with Crippen LogP contribution in [0.4, 0.5) is 0 Å². The van der Waals surface area contributed by atoms with E-state index in [1.165, 1.54) is 0 Å². The molecule has 102 valence electrons. The summed E-state index contributed by atoms with van der Waals surface area (Å²) < 4.78 is 6.21. The Kier molecular flexibility index (Phi) is 2.66. The maximum Gasteiger partial charge on any atom is 0.247 e. The molecule has 0 bridgehead atoms. The predicted octanol–water partition coefficient (Wildman–Crippen LogP) is 2.50. The first-order valence-electron chi connectivity index (χ1n) is 7.22. The summed E-state index contributed by atoms with van der Waals surface area (Å²) in [4.78, 5) is 14.4. The SMILES string of the molecule is O=C1C=CCC2C3CC=CC=C3OC3C=CC=CC3N12. The molecule has 0 aromatic heterocycles. The first kappa shape index (κ1) is 11.8. The summed E-state index contributed by atoms with van der Waals surface area (Å²) in [5, 5.41) is 0. The Labute approximate surface area is 118 Å². The molecule has 1 fully saturated rings. The number of carbonyl (C=O) groups excluding carboxylic acids is 1. The minimum absolute atomic E-state index is 0.00829. The average Bonchev–Trinajstić information content (AvgIpc) is 2.62. The van der Waals surface area contributed by atoms with Crippen LogP contribution in [-0.2, 0) is 9.53 Å². The minimum Gasteiger partial charge on any atom is -0.488 e. The molecule has 4 rings (SSSR count). The van der Waals surface area contributed by atoms with Gasteiger partial charge in [0.1, 0.15) is 11.9 Å². The number of fused-ring (bicyclic) bond motifs is 5. The van der Waals surface area contributed by atoms with Crippen molar-refractivity contribution in [3.05, 3.63) is 60.4 Å². The summed E-state index contributed by atoms with van der Waals surface area (Å²) in [6.07, 6.45) is 19.9. The highest BCUT2D eigenvalue weighted by Gasteiger charge is 2.44. The lowest BCUT2D eigenvalue weighted by Crippen LogP contribution is -2.52. The van der Waals surface area contributed by atoms with Crippen molar-refractivity contribution >= 4 is 5.91 Å². The Balaban J connectivity index is 1.81. The normalized spacial score (nSPS) is 37.5. The highest BCUT2D eigenvalue weighted by atomic mass is 16.5. The summed E-state index contributed by atoms with van der Waals surface area (Å²) in [7, 11) is 0. The lowest BCUT2D eigenvalue weighted by atomic mass is 9.85. The Morgan fingerprint density at radius 1 is 1.10 bits per heavy atom. The summed E-state index contributed by atoms with van der Waals surface area (Å²) in [5.41, 5.74) is 0. The monoisotopic (exact) mass is 267 g/mol. The highest BCUT2D eigenvalue weighted by molar-refractivity contribution is 5.89. The van der Waals surface area contributed by atoms with Gasteiger partial charge in [0.05, 0.1) is 6.04 Å². The summed E-state index contributed by atoms with van der Waals surface area (Å²) in [5.74, 6) is 1.41. The fraction of sp³-hybridized carbons (Fsp3) is 0.353. The molecule has 20 heavy (non-hydrogen) atoms. The van der Waals surface area contributed by atoms with Crippen molar-refractivity contribution in [1.82, 2.24) is 4.90 Å². The van der Waals surface area contributed by atoms with Crippen LogP contribution in [0, 0.1) is 5.92 Å². The summed E-state index contributed by atoms with van der Waals surface area (Å²) in [6, 6.07) is 0.212. The number of carbonyl (C=O) groups is 1. The van der Waals surface area contributed by atoms with Crippen molar-refractivity contribution in [1.29, 1.82) is 0 Å². The minimum atomic E-state index is -0.0688. The Bertz CT molecular complexity index is 582. The van der Waals surface area contributed by atoms with E-state index in [2.05, 4.69) is 30.4 Å². The predicted molar refractivity (Wildman–Crippen MR) is 76.7 cm³/mol. The quantitative estimate of drug-likeness (QED) is 0.675. The molecule has 0 saturated carbocycles. The van der Waals surface area contributed by atoms with E-state index in [4.69, 9.17) is 4.74 Å². The number of rotatable bonds is 0. The Morgan fingerprint density at radius 2 is 2.00 bits per heavy atom. The van der Waals surface area contributed by atoms with Gasteiger partial charge in [-0.2, -0.15) is 0 Å². The third kappa shape index (κ3) is 1.69. The van der Waals surface area contributed by atoms with Crippen LogP contribution in [0.1, 0.15) is 12.8 Å². The number of amides is 1. The molecule has 0 aromatic carbocycles. The van der Waals surface area contributed by atoms with E-state index < -0.39 is 0 Å². The van der Waals surface area contributed by atoms with Crippen LogP contribution in [0.3, 0.4) is 0 Å². The molecule has 1 saturated heterocycles. The molecule has 3 nitrogen and oxygen atoms in total. The fourth-order valence-electron chi connectivity index (χ4n) is 3.59. The van der Waals surface area contributed by atoms with Crippen molar-refractivity contribution in [2.24, 2.45) is 5.92 Å². The number of hydrogen-bond donors (Lipinski definition) is 0. The molecular weight excluding hydrogens is 250 g/mol. The largest absolute Gasteiger partial charge is 0.488 e. The third-order valence-corrected chi connectivity index (χ3v) is 4.52. The van der Waals surface area contributed by atoms with Crippen molar-refractivity contribution in [2.45, 2.75) is 31.0 Å². The fourth-order valence-corrected chi connectivity index (χ4v) is 3.59. The van der Waals surface area contributed by atoms with Crippen molar-refractivity contribution in [3.8, 4) is 0 Å². The van der Waals surface area contributed by atoms with Crippen molar-refractivity contribution in [2.75, 3.05) is 0 Å². The van der Waals surface area contributed by atoms with Crippen LogP contribution in [0.15, 0.2) is 60.4 Å². The van der Waals surface area contributed by atoms with Gasteiger partial charge in [-0.25, -0.2) is 0 Å². The van der Waals surface area contributed by atoms with E-state index in [9.17, 15) is 4.79 Å². The van der Waals surface area contributed by atoms with Gasteiger partial charge in [-0.05, 0) is 31.1 Å². The lowest BCUT2D eigenvalue weighted by Gasteiger charge is -2.40. The first-order chi connectivity index (χ1) is 9.84. The van der Waals surface area contributed by atoms with Crippen molar-refractivity contribution < 1.29 is 9.53 Å². The molecule has 0 N–H and O–H groups in total. The second-order valence-electron chi connectivity index (χ2n) is 5.63. The number of nitrogens with zero attached hydrogens (tertiary/aromatic N) is 1. The Morgan fingerprint density at radius 3 is 2.95 bits per heavy atom. The average molecular weight is 267 g/mol. The number of allylic oxidation sites excluding steroid dienone is 5. The second kappa shape index (κ2) is 4.51. The van der Waals surface area contributed by atoms with Gasteiger partial charge >= 0.3 is 0 Å². The Hall–Kier alpha value is -2.03. The first-order valence-corrected chi connectivity index (χ1v) is 7.22. The van der Waals surface area contributed by atoms with Crippen LogP contribution in [0.5, 0.6) is 0 Å². The van der Waals surface area contributed by atoms with Gasteiger partial charge in [-0.15, -0.1) is 0 Å². The maximum atomic E-state index is 12.4. The zero-order valence-corrected chi connectivity index (χ0v) is 11.2. The lowest BCUT2D eigenvalue weighted by molar-refractivity contribution is -0.132. The van der Waals surface area contributed by atoms with Gasteiger partial charge in [0.2, 0.25) is 5.91 Å². The number of ether oxygens (including phenoxy) is 1. The van der Waals surface area contributed by atoms with Crippen molar-refractivity contribution in [3.63, 3.8) is 0 Å². The molecule has 0 spiro atoms. The van der Waals surface area contributed by atoms with Gasteiger partial charge in [0.25, 0.3) is 0 Å². The molecular formula is C17H17NO2. The smallest absolute Gasteiger partial charge is 0.247 e. The van der Waals surface area contributed by atoms with Gasteiger partial charge in [0, 0.05) is 12.0 Å². The van der Waals surface area contributed by atoms with E-state index in [1.54, 1.807) is 6.08 Å². The van der Waals surface area contributed by atoms with E-state index >= 15 is 0 Å². The third-order valence-electron chi connectivity index (χ3n) is 4.52. The molecule has 4 aliphatic rings. The van der Waals surface area contributed by atoms with E-state index in [-0.39, 0.29) is 30.0 Å². The van der Waals surface area contributed by atoms with Crippen LogP contribution in [0.2, 0.25) is 0 Å². The summed E-state index contributed by atoms with van der Waals surface area (Å²) >= 11 is 0. The van der Waals surface area contributed by atoms with Gasteiger partial charge in [0.15, 0.2) is 0 Å². The standard InChI is InChI=1S/C17H17NO2/c19-17-11-5-8-13-12-6-1-3-9-15(12)20-16-10-4-2-7-14(16)18(13)17/h1-5,7,9-14,16H,6,8H2. The summed E-state index contributed by atoms with van der Waals surface area (Å²) in [6.45, 7) is 0. The van der Waals surface area contributed by atoms with Crippen LogP contribution in [0.25, 0.3) is 0 Å². The molecule has 2 aliphatic carbocycles. The highest BCUT2D eigenvalue weighted by Crippen LogP contribution is 2.39. The van der Waals surface area contributed by atoms with E-state index in [1.807, 2.05) is 23.1 Å². The molecule has 2 heterocycles. The zero-order chi connectivity index (χ0) is 13.5. The topological polar surface area (TPSA) is 29.5 Å². The molecule has 3 heteroatoms. The van der Waals surface area contributed by atoms with Crippen LogP contribution >= 0.6 is 0 Å². The van der Waals surface area contributed by atoms with Gasteiger partial charge in [-0.1, -0.05) is 36.5 Å². The maximum absolute atomic E-state index is 12.4. The second-order valence-corrected chi connectivity index (χ2v) is 5.63. The van der Waals surface area contributed by atoms with Gasteiger partial charge in [-0.3, -0.25) is 4.79 Å². The van der Waals surface area contributed by atoms with E-state index in [0.717, 1.165) is 18.6 Å². The molecule has 2 aliphatic heterocycles. The number of hydrogen-bond acceptors (Lipinski definition) is 2. The molecule has 0 radical (unpaired) electrons. The van der Waals surface area contributed by atoms with Gasteiger partial charge < -0.3 is 9.64 Å².